The molecule has 1 N–H and O–H groups in total. The molecule has 0 fully saturated rings. The van der Waals surface area contributed by atoms with Crippen molar-refractivity contribution >= 4 is 11.7 Å². The van der Waals surface area contributed by atoms with Crippen LogP contribution in [0.1, 0.15) is 11.1 Å². The molecule has 1 aromatic heterocycles. The largest absolute Gasteiger partial charge is 0.497 e. The third-order valence-corrected chi connectivity index (χ3v) is 4.63. The first-order chi connectivity index (χ1) is 12.8. The molecule has 2 amide bonds. The Labute approximate surface area is 152 Å². The summed E-state index contributed by atoms with van der Waals surface area (Å²) in [6.07, 6.45) is 6.23. The number of carbonyl (C=O) groups excluding carboxylic acids is 1. The van der Waals surface area contributed by atoms with Crippen molar-refractivity contribution in [1.82, 2.24) is 14.9 Å². The first-order valence-electron chi connectivity index (χ1n) is 8.55. The number of nitrogens with zero attached hydrogens (tertiary/aromatic N) is 3. The summed E-state index contributed by atoms with van der Waals surface area (Å²) in [5.74, 6) is 0.820. The minimum absolute atomic E-state index is 0.0886. The fourth-order valence-corrected chi connectivity index (χ4v) is 3.30. The Hall–Kier alpha value is -3.28. The second kappa shape index (κ2) is 6.92. The van der Waals surface area contributed by atoms with Crippen LogP contribution in [0.4, 0.5) is 10.5 Å². The number of hydrogen-bond acceptors (Lipinski definition) is 3. The lowest BCUT2D eigenvalue weighted by Crippen LogP contribution is -2.38. The summed E-state index contributed by atoms with van der Waals surface area (Å²) in [6, 6.07) is 13.7. The number of amides is 2. The number of carbonyl (C=O) groups is 1. The highest BCUT2D eigenvalue weighted by atomic mass is 16.5. The zero-order chi connectivity index (χ0) is 17.9. The van der Waals surface area contributed by atoms with Gasteiger partial charge in [0.2, 0.25) is 0 Å². The number of imidazole rings is 1. The van der Waals surface area contributed by atoms with Crippen molar-refractivity contribution in [3.05, 3.63) is 72.3 Å². The number of rotatable bonds is 4. The summed E-state index contributed by atoms with van der Waals surface area (Å²) in [5, 5.41) is 3.03. The van der Waals surface area contributed by atoms with Crippen molar-refractivity contribution in [2.45, 2.75) is 13.0 Å². The molecule has 0 aliphatic carbocycles. The lowest BCUT2D eigenvalue weighted by molar-refractivity contribution is 0.246. The van der Waals surface area contributed by atoms with Crippen molar-refractivity contribution in [2.75, 3.05) is 18.6 Å². The SMILES string of the molecule is COc1ccc2c(c1)CCN2C(=O)NCc1ccccc1-n1ccnc1. The van der Waals surface area contributed by atoms with Crippen molar-refractivity contribution in [3.8, 4) is 11.4 Å². The van der Waals surface area contributed by atoms with Gasteiger partial charge in [-0.25, -0.2) is 9.78 Å². The first-order valence-corrected chi connectivity index (χ1v) is 8.55. The van der Waals surface area contributed by atoms with Gasteiger partial charge in [-0.1, -0.05) is 18.2 Å². The third kappa shape index (κ3) is 3.01. The van der Waals surface area contributed by atoms with Crippen molar-refractivity contribution in [3.63, 3.8) is 0 Å². The number of hydrogen-bond donors (Lipinski definition) is 1. The standard InChI is InChI=1S/C20H20N4O2/c1-26-17-6-7-19-15(12-17)8-10-24(19)20(25)22-13-16-4-2-3-5-18(16)23-11-9-21-14-23/h2-7,9,11-12,14H,8,10,13H2,1H3,(H,22,25). The zero-order valence-corrected chi connectivity index (χ0v) is 14.6. The summed E-state index contributed by atoms with van der Waals surface area (Å²) in [4.78, 5) is 18.6. The summed E-state index contributed by atoms with van der Waals surface area (Å²) in [6.45, 7) is 1.13. The van der Waals surface area contributed by atoms with Crippen LogP contribution in [0.5, 0.6) is 5.75 Å². The van der Waals surface area contributed by atoms with Crippen LogP contribution in [0.2, 0.25) is 0 Å². The van der Waals surface area contributed by atoms with Crippen LogP contribution in [-0.2, 0) is 13.0 Å². The van der Waals surface area contributed by atoms with E-state index in [0.29, 0.717) is 13.1 Å². The molecule has 0 radical (unpaired) electrons. The number of ether oxygens (including phenoxy) is 1. The molecule has 0 bridgehead atoms. The van der Waals surface area contributed by atoms with Gasteiger partial charge in [0.05, 0.1) is 19.1 Å². The number of anilines is 1. The average molecular weight is 348 g/mol. The summed E-state index contributed by atoms with van der Waals surface area (Å²) in [7, 11) is 1.65. The second-order valence-electron chi connectivity index (χ2n) is 6.15. The van der Waals surface area contributed by atoms with Crippen molar-refractivity contribution in [2.24, 2.45) is 0 Å². The lowest BCUT2D eigenvalue weighted by atomic mass is 10.1. The van der Waals surface area contributed by atoms with Gasteiger partial charge in [-0.05, 0) is 41.8 Å². The molecule has 26 heavy (non-hydrogen) atoms. The summed E-state index contributed by atoms with van der Waals surface area (Å²) < 4.78 is 7.21. The topological polar surface area (TPSA) is 59.4 Å². The quantitative estimate of drug-likeness (QED) is 0.788. The monoisotopic (exact) mass is 348 g/mol. The Morgan fingerprint density at radius 2 is 2.12 bits per heavy atom. The first kappa shape index (κ1) is 16.2. The fraction of sp³-hybridized carbons (Fsp3) is 0.200. The van der Waals surface area contributed by atoms with E-state index in [-0.39, 0.29) is 6.03 Å². The van der Waals surface area contributed by atoms with E-state index in [9.17, 15) is 4.79 Å². The number of urea groups is 1. The molecule has 4 rings (SSSR count). The minimum Gasteiger partial charge on any atom is -0.497 e. The Bertz CT molecular complexity index is 921. The lowest BCUT2D eigenvalue weighted by Gasteiger charge is -2.19. The molecule has 0 spiro atoms. The van der Waals surface area contributed by atoms with Crippen LogP contribution in [-0.4, -0.2) is 29.2 Å². The number of benzene rings is 2. The van der Waals surface area contributed by atoms with Crippen LogP contribution < -0.4 is 15.0 Å². The number of para-hydroxylation sites is 1. The maximum atomic E-state index is 12.7. The molecule has 0 saturated heterocycles. The average Bonchev–Trinajstić information content (AvgIpc) is 3.35. The highest BCUT2D eigenvalue weighted by Gasteiger charge is 2.24. The van der Waals surface area contributed by atoms with Crippen molar-refractivity contribution in [1.29, 1.82) is 0 Å². The highest BCUT2D eigenvalue weighted by Crippen LogP contribution is 2.31. The predicted molar refractivity (Wildman–Crippen MR) is 99.8 cm³/mol. The van der Waals surface area contributed by atoms with E-state index in [0.717, 1.165) is 34.7 Å². The van der Waals surface area contributed by atoms with Crippen LogP contribution >= 0.6 is 0 Å². The molecule has 6 heteroatoms. The Morgan fingerprint density at radius 1 is 1.23 bits per heavy atom. The molecule has 0 saturated carbocycles. The predicted octanol–water partition coefficient (Wildman–Crippen LogP) is 3.15. The molecule has 1 aliphatic heterocycles. The summed E-state index contributed by atoms with van der Waals surface area (Å²) in [5.41, 5.74) is 4.13. The van der Waals surface area contributed by atoms with Crippen LogP contribution in [0.15, 0.2) is 61.2 Å². The molecule has 3 aromatic rings. The smallest absolute Gasteiger partial charge is 0.322 e. The molecule has 6 nitrogen and oxygen atoms in total. The Kier molecular flexibility index (Phi) is 4.31. The molecule has 2 aromatic carbocycles. The van der Waals surface area contributed by atoms with Crippen LogP contribution in [0, 0.1) is 0 Å². The third-order valence-electron chi connectivity index (χ3n) is 4.63. The minimum atomic E-state index is -0.0886. The van der Waals surface area contributed by atoms with Gasteiger partial charge in [0.15, 0.2) is 0 Å². The number of methoxy groups -OCH3 is 1. The van der Waals surface area contributed by atoms with E-state index in [1.165, 1.54) is 0 Å². The zero-order valence-electron chi connectivity index (χ0n) is 14.6. The molecule has 0 unspecified atom stereocenters. The number of nitrogens with one attached hydrogen (secondary N) is 1. The highest BCUT2D eigenvalue weighted by molar-refractivity contribution is 5.94. The van der Waals surface area contributed by atoms with E-state index >= 15 is 0 Å². The van der Waals surface area contributed by atoms with Gasteiger partial charge in [-0.15, -0.1) is 0 Å². The van der Waals surface area contributed by atoms with Gasteiger partial charge >= 0.3 is 6.03 Å². The van der Waals surface area contributed by atoms with Gasteiger partial charge in [0.25, 0.3) is 0 Å². The van der Waals surface area contributed by atoms with Gasteiger partial charge in [-0.3, -0.25) is 4.90 Å². The number of fused-ring (bicyclic) bond motifs is 1. The maximum absolute atomic E-state index is 12.7. The van der Waals surface area contributed by atoms with Gasteiger partial charge < -0.3 is 14.6 Å². The van der Waals surface area contributed by atoms with Gasteiger partial charge in [-0.2, -0.15) is 0 Å². The fourth-order valence-electron chi connectivity index (χ4n) is 3.30. The maximum Gasteiger partial charge on any atom is 0.322 e. The van der Waals surface area contributed by atoms with Crippen molar-refractivity contribution < 1.29 is 9.53 Å². The molecular formula is C20H20N4O2. The van der Waals surface area contributed by atoms with E-state index < -0.39 is 0 Å². The normalized spacial score (nSPS) is 12.7. The molecule has 0 atom stereocenters. The summed E-state index contributed by atoms with van der Waals surface area (Å²) >= 11 is 0. The van der Waals surface area contributed by atoms with Gasteiger partial charge in [0, 0.05) is 31.2 Å². The Balaban J connectivity index is 1.48. The van der Waals surface area contributed by atoms with E-state index in [4.69, 9.17) is 4.74 Å². The molecule has 132 valence electrons. The van der Waals surface area contributed by atoms with E-state index in [1.807, 2.05) is 53.2 Å². The van der Waals surface area contributed by atoms with E-state index in [2.05, 4.69) is 10.3 Å². The molecular weight excluding hydrogens is 328 g/mol. The molecule has 1 aliphatic rings. The van der Waals surface area contributed by atoms with Gasteiger partial charge in [0.1, 0.15) is 5.75 Å². The Morgan fingerprint density at radius 3 is 2.92 bits per heavy atom. The number of aromatic nitrogens is 2. The van der Waals surface area contributed by atoms with Crippen LogP contribution in [0.25, 0.3) is 5.69 Å². The van der Waals surface area contributed by atoms with E-state index in [1.54, 1.807) is 24.5 Å². The van der Waals surface area contributed by atoms with Crippen LogP contribution in [0.3, 0.4) is 0 Å². The molecule has 2 heterocycles. The second-order valence-corrected chi connectivity index (χ2v) is 6.15.